The molecule has 0 radical (unpaired) electrons. The van der Waals surface area contributed by atoms with Crippen LogP contribution < -0.4 is 26.4 Å². The molecular weight excluding hydrogens is 469 g/mol. The van der Waals surface area contributed by atoms with Crippen LogP contribution in [0, 0.1) is 5.82 Å². The molecule has 0 aliphatic carbocycles. The molecule has 0 saturated carbocycles. The number of hydrogen-bond acceptors (Lipinski definition) is 6. The van der Waals surface area contributed by atoms with Crippen LogP contribution in [0.1, 0.15) is 17.5 Å². The van der Waals surface area contributed by atoms with Crippen LogP contribution in [0.5, 0.6) is 0 Å². The molecule has 5 rings (SSSR count). The van der Waals surface area contributed by atoms with Gasteiger partial charge in [0.2, 0.25) is 5.91 Å². The molecule has 182 valence electrons. The molecule has 0 bridgehead atoms. The molecule has 1 atom stereocenters. The van der Waals surface area contributed by atoms with E-state index >= 15 is 0 Å². The monoisotopic (exact) mass is 495 g/mol. The number of aryl methyl sites for hydroxylation is 1. The maximum atomic E-state index is 13.5. The Balaban J connectivity index is 1.42. The molecule has 2 aliphatic heterocycles. The Bertz CT molecular complexity index is 1400. The molecular formula is C25H26FN5O3S. The van der Waals surface area contributed by atoms with E-state index in [0.717, 1.165) is 28.7 Å². The van der Waals surface area contributed by atoms with E-state index in [4.69, 9.17) is 0 Å². The van der Waals surface area contributed by atoms with Gasteiger partial charge in [-0.3, -0.25) is 18.7 Å². The summed E-state index contributed by atoms with van der Waals surface area (Å²) in [4.78, 5) is 42.5. The number of hydrogen-bond donors (Lipinski definition) is 1. The van der Waals surface area contributed by atoms with E-state index in [2.05, 4.69) is 11.4 Å². The summed E-state index contributed by atoms with van der Waals surface area (Å²) < 4.78 is 15.9. The fourth-order valence-electron chi connectivity index (χ4n) is 4.66. The van der Waals surface area contributed by atoms with Crippen LogP contribution in [-0.4, -0.2) is 32.8 Å². The Morgan fingerprint density at radius 2 is 1.83 bits per heavy atom. The number of anilines is 3. The van der Waals surface area contributed by atoms with Crippen molar-refractivity contribution in [2.75, 3.05) is 27.4 Å². The minimum absolute atomic E-state index is 0.0107. The van der Waals surface area contributed by atoms with Crippen molar-refractivity contribution in [1.82, 2.24) is 9.13 Å². The molecule has 0 fully saturated rings. The molecule has 35 heavy (non-hydrogen) atoms. The Morgan fingerprint density at radius 3 is 2.60 bits per heavy atom. The van der Waals surface area contributed by atoms with Crippen molar-refractivity contribution < 1.29 is 9.18 Å². The van der Waals surface area contributed by atoms with Crippen LogP contribution in [0.4, 0.5) is 21.6 Å². The van der Waals surface area contributed by atoms with E-state index in [0.29, 0.717) is 24.6 Å². The summed E-state index contributed by atoms with van der Waals surface area (Å²) in [6.45, 7) is 0.981. The highest BCUT2D eigenvalue weighted by molar-refractivity contribution is 8.00. The van der Waals surface area contributed by atoms with Crippen LogP contribution in [-0.2, 0) is 31.9 Å². The van der Waals surface area contributed by atoms with Crippen molar-refractivity contribution in [2.24, 2.45) is 14.1 Å². The molecule has 8 nitrogen and oxygen atoms in total. The lowest BCUT2D eigenvalue weighted by Gasteiger charge is -2.30. The van der Waals surface area contributed by atoms with E-state index in [1.807, 2.05) is 28.0 Å². The van der Waals surface area contributed by atoms with Crippen molar-refractivity contribution in [2.45, 2.75) is 24.9 Å². The predicted molar refractivity (Wildman–Crippen MR) is 136 cm³/mol. The first-order valence-electron chi connectivity index (χ1n) is 11.4. The quantitative estimate of drug-likeness (QED) is 0.586. The number of thioether (sulfide) groups is 1. The minimum atomic E-state index is -0.459. The number of aromatic nitrogens is 2. The minimum Gasteiger partial charge on any atom is -0.341 e. The smallest absolute Gasteiger partial charge is 0.332 e. The molecule has 2 aromatic carbocycles. The highest BCUT2D eigenvalue weighted by Crippen LogP contribution is 2.36. The third-order valence-electron chi connectivity index (χ3n) is 6.51. The van der Waals surface area contributed by atoms with E-state index in [1.54, 1.807) is 19.2 Å². The highest BCUT2D eigenvalue weighted by atomic mass is 32.2. The first-order valence-corrected chi connectivity index (χ1v) is 12.5. The second-order valence-electron chi connectivity index (χ2n) is 8.74. The van der Waals surface area contributed by atoms with E-state index in [1.165, 1.54) is 41.1 Å². The van der Waals surface area contributed by atoms with Crippen molar-refractivity contribution in [3.8, 4) is 0 Å². The lowest BCUT2D eigenvalue weighted by atomic mass is 10.0. The summed E-state index contributed by atoms with van der Waals surface area (Å²) in [5.41, 5.74) is 1.96. The molecule has 1 aromatic heterocycles. The van der Waals surface area contributed by atoms with Gasteiger partial charge in [0.1, 0.15) is 22.8 Å². The van der Waals surface area contributed by atoms with Gasteiger partial charge < -0.3 is 15.1 Å². The Morgan fingerprint density at radius 1 is 1.09 bits per heavy atom. The highest BCUT2D eigenvalue weighted by Gasteiger charge is 2.36. The molecule has 0 spiro atoms. The number of nitrogens with zero attached hydrogens (tertiary/aromatic N) is 4. The number of carbonyl (C=O) groups is 1. The molecule has 2 aliphatic rings. The van der Waals surface area contributed by atoms with Gasteiger partial charge >= 0.3 is 5.69 Å². The van der Waals surface area contributed by atoms with Crippen LogP contribution in [0.15, 0.2) is 58.1 Å². The summed E-state index contributed by atoms with van der Waals surface area (Å²) in [6, 6.07) is 14.0. The fourth-order valence-corrected chi connectivity index (χ4v) is 5.67. The molecule has 10 heteroatoms. The molecule has 3 aromatic rings. The predicted octanol–water partition coefficient (Wildman–Crippen LogP) is 2.65. The maximum absolute atomic E-state index is 13.5. The first-order chi connectivity index (χ1) is 16.8. The van der Waals surface area contributed by atoms with Crippen LogP contribution in [0.3, 0.4) is 0 Å². The third kappa shape index (κ3) is 4.22. The van der Waals surface area contributed by atoms with Gasteiger partial charge in [-0.1, -0.05) is 30.3 Å². The maximum Gasteiger partial charge on any atom is 0.332 e. The van der Waals surface area contributed by atoms with Gasteiger partial charge in [0, 0.05) is 32.9 Å². The van der Waals surface area contributed by atoms with E-state index in [-0.39, 0.29) is 17.5 Å². The van der Waals surface area contributed by atoms with Gasteiger partial charge in [-0.2, -0.15) is 0 Å². The first kappa shape index (κ1) is 23.2. The standard InChI is InChI=1S/C25H26FN5O3S/c1-28-22-21(23(33)29(2)25(28)34)31(14-16-9-11-18(26)12-10-16)24(27-22)35-15-20(32)30-13-5-7-17-6-3-4-8-19(17)30/h3-4,6,8-12,24,27H,5,7,13-15H2,1-2H3/t24-/m0/s1. The zero-order valence-corrected chi connectivity index (χ0v) is 20.3. The Kier molecular flexibility index (Phi) is 6.14. The van der Waals surface area contributed by atoms with Gasteiger partial charge in [0.15, 0.2) is 0 Å². The normalized spacial score (nSPS) is 16.6. The van der Waals surface area contributed by atoms with Crippen LogP contribution >= 0.6 is 11.8 Å². The zero-order chi connectivity index (χ0) is 24.7. The van der Waals surface area contributed by atoms with E-state index in [9.17, 15) is 18.8 Å². The summed E-state index contributed by atoms with van der Waals surface area (Å²) in [6.07, 6.45) is 1.87. The fraction of sp³-hybridized carbons (Fsp3) is 0.320. The number of fused-ring (bicyclic) bond motifs is 2. The number of halogens is 1. The average molecular weight is 496 g/mol. The number of para-hydroxylation sites is 1. The summed E-state index contributed by atoms with van der Waals surface area (Å²) >= 11 is 1.36. The van der Waals surface area contributed by atoms with Crippen LogP contribution in [0.2, 0.25) is 0 Å². The molecule has 1 N–H and O–H groups in total. The van der Waals surface area contributed by atoms with Crippen molar-refractivity contribution in [3.05, 3.63) is 86.3 Å². The van der Waals surface area contributed by atoms with Gasteiger partial charge in [-0.25, -0.2) is 9.18 Å². The van der Waals surface area contributed by atoms with Crippen molar-refractivity contribution in [1.29, 1.82) is 0 Å². The Hall–Kier alpha value is -3.53. The summed E-state index contributed by atoms with van der Waals surface area (Å²) in [7, 11) is 3.05. The summed E-state index contributed by atoms with van der Waals surface area (Å²) in [5, 5.41) is 3.26. The largest absolute Gasteiger partial charge is 0.341 e. The average Bonchev–Trinajstić information content (AvgIpc) is 3.23. The lowest BCUT2D eigenvalue weighted by molar-refractivity contribution is -0.116. The second-order valence-corrected chi connectivity index (χ2v) is 9.81. The number of nitrogens with one attached hydrogen (secondary N) is 1. The van der Waals surface area contributed by atoms with Gasteiger partial charge in [-0.05, 0) is 42.2 Å². The lowest BCUT2D eigenvalue weighted by Crippen LogP contribution is -2.41. The number of benzene rings is 2. The van der Waals surface area contributed by atoms with Gasteiger partial charge in [0.05, 0.1) is 5.75 Å². The zero-order valence-electron chi connectivity index (χ0n) is 19.5. The van der Waals surface area contributed by atoms with Gasteiger partial charge in [-0.15, -0.1) is 11.8 Å². The number of carbonyl (C=O) groups excluding carboxylic acids is 1. The van der Waals surface area contributed by atoms with Crippen molar-refractivity contribution >= 4 is 34.9 Å². The molecule has 1 amide bonds. The topological polar surface area (TPSA) is 79.6 Å². The molecule has 3 heterocycles. The van der Waals surface area contributed by atoms with Gasteiger partial charge in [0.25, 0.3) is 5.56 Å². The van der Waals surface area contributed by atoms with Crippen LogP contribution in [0.25, 0.3) is 0 Å². The van der Waals surface area contributed by atoms with Crippen molar-refractivity contribution in [3.63, 3.8) is 0 Å². The summed E-state index contributed by atoms with van der Waals surface area (Å²) in [5.74, 6) is 0.246. The number of rotatable bonds is 5. The molecule has 0 unspecified atom stereocenters. The van der Waals surface area contributed by atoms with E-state index < -0.39 is 16.7 Å². The Labute approximate surface area is 206 Å². The SMILES string of the molecule is Cn1c2c(c(=O)n(C)c1=O)N(Cc1ccc(F)cc1)[C@@H](SCC(=O)N1CCCc3ccccc31)N2. The second kappa shape index (κ2) is 9.26. The number of amides is 1. The third-order valence-corrected chi connectivity index (χ3v) is 7.62. The molecule has 0 saturated heterocycles.